The number of carbonyl (C=O) groups excluding carboxylic acids is 1. The number of carbonyl (C=O) groups is 1. The van der Waals surface area contributed by atoms with Crippen molar-refractivity contribution in [1.82, 2.24) is 15.0 Å². The molecule has 0 bridgehead atoms. The van der Waals surface area contributed by atoms with E-state index in [0.717, 1.165) is 37.3 Å². The predicted octanol–water partition coefficient (Wildman–Crippen LogP) is 2.97. The minimum Gasteiger partial charge on any atom is -0.370 e. The minimum atomic E-state index is -4.89. The number of amides is 1. The summed E-state index contributed by atoms with van der Waals surface area (Å²) in [5.74, 6) is -2.97. The number of aromatic nitrogens is 3. The Morgan fingerprint density at radius 2 is 1.36 bits per heavy atom. The second-order valence-corrected chi connectivity index (χ2v) is 16.3. The SMILES string of the molecule is CC(=O)Nc1cc(NCS(=O)(=O)O)ccc1/N=N/c1cc(Nc2nc(F)nc(Nc3ccc(S(=O)(=O)CCOS(=O)(=O)O)cc3)n2)ccc1S(=O)(=O)O. The smallest absolute Gasteiger partial charge is 0.370 e. The molecule has 1 aromatic heterocycles. The zero-order chi connectivity index (χ0) is 39.2. The average Bonchev–Trinajstić information content (AvgIpc) is 3.01. The van der Waals surface area contributed by atoms with Crippen molar-refractivity contribution < 1.29 is 60.7 Å². The Labute approximate surface area is 300 Å². The lowest BCUT2D eigenvalue weighted by Gasteiger charge is -2.11. The Bertz CT molecular complexity index is 2510. The van der Waals surface area contributed by atoms with Crippen molar-refractivity contribution in [2.24, 2.45) is 10.2 Å². The van der Waals surface area contributed by atoms with Gasteiger partial charge in [-0.1, -0.05) is 0 Å². The molecule has 4 aromatic rings. The van der Waals surface area contributed by atoms with E-state index in [4.69, 9.17) is 9.11 Å². The molecule has 0 radical (unpaired) electrons. The molecule has 0 spiro atoms. The van der Waals surface area contributed by atoms with E-state index in [1.807, 2.05) is 0 Å². The molecule has 4 rings (SSSR count). The number of benzene rings is 3. The average molecular weight is 820 g/mol. The lowest BCUT2D eigenvalue weighted by molar-refractivity contribution is -0.114. The topological polar surface area (TPSA) is 335 Å². The number of sulfone groups is 1. The molecule has 22 nitrogen and oxygen atoms in total. The van der Waals surface area contributed by atoms with Crippen molar-refractivity contribution in [1.29, 1.82) is 0 Å². The van der Waals surface area contributed by atoms with Gasteiger partial charge in [-0.2, -0.15) is 44.6 Å². The molecule has 284 valence electrons. The number of hydrogen-bond acceptors (Lipinski definition) is 18. The second kappa shape index (κ2) is 16.2. The van der Waals surface area contributed by atoms with E-state index in [0.29, 0.717) is 0 Å². The maximum absolute atomic E-state index is 14.4. The highest BCUT2D eigenvalue weighted by atomic mass is 32.3. The first-order valence-corrected chi connectivity index (χ1v) is 20.2. The second-order valence-electron chi connectivity index (χ2n) is 10.3. The molecule has 0 fully saturated rings. The van der Waals surface area contributed by atoms with Crippen LogP contribution in [0.5, 0.6) is 0 Å². The van der Waals surface area contributed by atoms with E-state index < -0.39 is 87.2 Å². The monoisotopic (exact) mass is 819 g/mol. The van der Waals surface area contributed by atoms with Crippen LogP contribution in [0.15, 0.2) is 80.7 Å². The van der Waals surface area contributed by atoms with Crippen molar-refractivity contribution in [3.8, 4) is 0 Å². The molecule has 1 heterocycles. The van der Waals surface area contributed by atoms with Gasteiger partial charge in [0.25, 0.3) is 20.2 Å². The van der Waals surface area contributed by atoms with E-state index >= 15 is 0 Å². The van der Waals surface area contributed by atoms with E-state index in [-0.39, 0.29) is 39.3 Å². The van der Waals surface area contributed by atoms with Crippen molar-refractivity contribution in [2.75, 3.05) is 39.5 Å². The summed E-state index contributed by atoms with van der Waals surface area (Å²) < 4.78 is 138. The van der Waals surface area contributed by atoms with Gasteiger partial charge in [0.15, 0.2) is 9.84 Å². The molecular formula is C26H26FN9O13S4. The molecule has 0 saturated carbocycles. The number of azo groups is 1. The van der Waals surface area contributed by atoms with Crippen LogP contribution in [-0.2, 0) is 49.5 Å². The summed E-state index contributed by atoms with van der Waals surface area (Å²) >= 11 is 0. The molecular weight excluding hydrogens is 794 g/mol. The highest BCUT2D eigenvalue weighted by Gasteiger charge is 2.19. The summed E-state index contributed by atoms with van der Waals surface area (Å²) in [6, 6.07) is 11.8. The van der Waals surface area contributed by atoms with Crippen LogP contribution in [0.25, 0.3) is 0 Å². The van der Waals surface area contributed by atoms with Gasteiger partial charge in [0.2, 0.25) is 17.8 Å². The highest BCUT2D eigenvalue weighted by Crippen LogP contribution is 2.34. The Hall–Kier alpha value is -5.29. The third-order valence-electron chi connectivity index (χ3n) is 6.19. The van der Waals surface area contributed by atoms with Crippen molar-refractivity contribution >= 4 is 92.4 Å². The lowest BCUT2D eigenvalue weighted by Crippen LogP contribution is -2.15. The summed E-state index contributed by atoms with van der Waals surface area (Å²) in [5, 5.41) is 17.9. The van der Waals surface area contributed by atoms with Gasteiger partial charge in [0.05, 0.1) is 22.9 Å². The first-order valence-electron chi connectivity index (χ1n) is 14.1. The van der Waals surface area contributed by atoms with Crippen LogP contribution < -0.4 is 21.3 Å². The molecule has 1 amide bonds. The maximum Gasteiger partial charge on any atom is 0.397 e. The molecule has 27 heteroatoms. The van der Waals surface area contributed by atoms with E-state index in [1.165, 1.54) is 30.3 Å². The fourth-order valence-electron chi connectivity index (χ4n) is 4.03. The van der Waals surface area contributed by atoms with Gasteiger partial charge in [0.1, 0.15) is 22.1 Å². The van der Waals surface area contributed by atoms with Crippen LogP contribution in [0.3, 0.4) is 0 Å². The first kappa shape index (κ1) is 40.5. The number of hydrogen-bond donors (Lipinski definition) is 7. The Balaban J connectivity index is 1.57. The molecule has 0 unspecified atom stereocenters. The largest absolute Gasteiger partial charge is 0.397 e. The van der Waals surface area contributed by atoms with Crippen LogP contribution in [0, 0.1) is 6.08 Å². The Morgan fingerprint density at radius 1 is 0.774 bits per heavy atom. The van der Waals surface area contributed by atoms with Gasteiger partial charge in [-0.3, -0.25) is 18.5 Å². The highest BCUT2D eigenvalue weighted by molar-refractivity contribution is 7.91. The van der Waals surface area contributed by atoms with Crippen LogP contribution in [0.1, 0.15) is 6.92 Å². The molecule has 0 saturated heterocycles. The van der Waals surface area contributed by atoms with Crippen molar-refractivity contribution in [2.45, 2.75) is 16.7 Å². The summed E-state index contributed by atoms with van der Waals surface area (Å²) in [7, 11) is -18.1. The molecule has 53 heavy (non-hydrogen) atoms. The molecule has 3 aromatic carbocycles. The molecule has 0 atom stereocenters. The number of nitrogens with one attached hydrogen (secondary N) is 4. The van der Waals surface area contributed by atoms with E-state index in [9.17, 15) is 47.4 Å². The van der Waals surface area contributed by atoms with Crippen LogP contribution in [0.2, 0.25) is 0 Å². The van der Waals surface area contributed by atoms with Crippen LogP contribution >= 0.6 is 0 Å². The van der Waals surface area contributed by atoms with E-state index in [1.54, 1.807) is 0 Å². The third kappa shape index (κ3) is 12.7. The predicted molar refractivity (Wildman–Crippen MR) is 184 cm³/mol. The normalized spacial score (nSPS) is 12.4. The molecule has 0 aliphatic carbocycles. The van der Waals surface area contributed by atoms with Crippen LogP contribution in [0.4, 0.5) is 50.4 Å². The zero-order valence-corrected chi connectivity index (χ0v) is 29.8. The fourth-order valence-corrected chi connectivity index (χ4v) is 6.47. The summed E-state index contributed by atoms with van der Waals surface area (Å²) in [4.78, 5) is 21.9. The molecule has 7 N–H and O–H groups in total. The standard InChI is InChI=1S/C26H26FN9O13S4/c1-15(37)29-21-12-17(28-14-51(40,41)42)4-8-20(21)35-36-22-13-18(5-9-23(22)52(43,44)45)31-26-33-24(27)32-25(34-26)30-16-2-6-19(7-3-16)50(38,39)11-10-49-53(46,47)48/h2-9,12-13,28H,10-11,14H2,1H3,(H,29,37)(H,40,41,42)(H,43,44,45)(H,46,47,48)(H2,30,31,32,33,34)/b36-35+. The van der Waals surface area contributed by atoms with Gasteiger partial charge in [-0.15, -0.1) is 10.2 Å². The van der Waals surface area contributed by atoms with Gasteiger partial charge in [-0.05, 0) is 60.7 Å². The molecule has 0 aliphatic heterocycles. The van der Waals surface area contributed by atoms with Gasteiger partial charge < -0.3 is 21.3 Å². The fraction of sp³-hybridized carbons (Fsp3) is 0.154. The lowest BCUT2D eigenvalue weighted by atomic mass is 10.2. The third-order valence-corrected chi connectivity index (χ3v) is 9.76. The Morgan fingerprint density at radius 3 is 1.94 bits per heavy atom. The number of nitrogens with zero attached hydrogens (tertiary/aromatic N) is 5. The van der Waals surface area contributed by atoms with Gasteiger partial charge in [-0.25, -0.2) is 12.6 Å². The number of halogens is 1. The molecule has 0 aliphatic rings. The first-order chi connectivity index (χ1) is 24.6. The summed E-state index contributed by atoms with van der Waals surface area (Å²) in [5.41, 5.74) is -0.193. The summed E-state index contributed by atoms with van der Waals surface area (Å²) in [6.07, 6.45) is -1.28. The van der Waals surface area contributed by atoms with Crippen molar-refractivity contribution in [3.05, 3.63) is 66.7 Å². The quantitative estimate of drug-likeness (QED) is 0.0631. The summed E-state index contributed by atoms with van der Waals surface area (Å²) in [6.45, 7) is 0.330. The van der Waals surface area contributed by atoms with Crippen molar-refractivity contribution in [3.63, 3.8) is 0 Å². The zero-order valence-electron chi connectivity index (χ0n) is 26.6. The van der Waals surface area contributed by atoms with Gasteiger partial charge in [0, 0.05) is 24.0 Å². The van der Waals surface area contributed by atoms with Gasteiger partial charge >= 0.3 is 16.5 Å². The number of rotatable bonds is 16. The number of anilines is 6. The Kier molecular flexibility index (Phi) is 12.3. The minimum absolute atomic E-state index is 0.00211. The van der Waals surface area contributed by atoms with Crippen LogP contribution in [-0.4, -0.2) is 86.4 Å². The maximum atomic E-state index is 14.4. The van der Waals surface area contributed by atoms with E-state index in [2.05, 4.69) is 50.6 Å².